The number of nitrogens with two attached hydrogens (primary N) is 1. The maximum Gasteiger partial charge on any atom is 0.0702 e. The molecule has 5 heteroatoms. The molecule has 2 aromatic heterocycles. The maximum absolute atomic E-state index is 5.86. The van der Waals surface area contributed by atoms with Crippen molar-refractivity contribution in [2.75, 3.05) is 0 Å². The SMILES string of the molecule is Cl.N[C@H]1C[C@@H]1c1ccc(-c2ccc3cn[nH]c3c2)nc1. The molecule has 3 aromatic rings. The number of fused-ring (bicyclic) bond motifs is 1. The lowest BCUT2D eigenvalue weighted by atomic mass is 10.1. The summed E-state index contributed by atoms with van der Waals surface area (Å²) in [6.07, 6.45) is 4.86. The molecule has 0 spiro atoms. The van der Waals surface area contributed by atoms with Crippen LogP contribution in [-0.2, 0) is 0 Å². The summed E-state index contributed by atoms with van der Waals surface area (Å²) in [5.74, 6) is 0.511. The van der Waals surface area contributed by atoms with Crippen LogP contribution >= 0.6 is 12.4 Å². The second kappa shape index (κ2) is 4.89. The van der Waals surface area contributed by atoms with Crippen LogP contribution in [0.5, 0.6) is 0 Å². The molecule has 1 fully saturated rings. The van der Waals surface area contributed by atoms with E-state index in [1.807, 2.05) is 12.4 Å². The van der Waals surface area contributed by atoms with Gasteiger partial charge in [-0.3, -0.25) is 10.1 Å². The van der Waals surface area contributed by atoms with Crippen molar-refractivity contribution in [3.05, 3.63) is 48.3 Å². The smallest absolute Gasteiger partial charge is 0.0702 e. The molecular formula is C15H15ClN4. The highest BCUT2D eigenvalue weighted by Crippen LogP contribution is 2.38. The highest BCUT2D eigenvalue weighted by Gasteiger charge is 2.34. The van der Waals surface area contributed by atoms with Gasteiger partial charge in [0.05, 0.1) is 17.4 Å². The molecule has 1 aromatic carbocycles. The molecule has 1 aliphatic carbocycles. The van der Waals surface area contributed by atoms with Crippen molar-refractivity contribution in [1.82, 2.24) is 15.2 Å². The molecule has 20 heavy (non-hydrogen) atoms. The predicted molar refractivity (Wildman–Crippen MR) is 81.9 cm³/mol. The third kappa shape index (κ3) is 2.17. The standard InChI is InChI=1S/C15H14N4.ClH/c16-13-6-12(13)10-3-4-14(17-7-10)9-1-2-11-8-18-19-15(11)5-9;/h1-5,7-8,12-13H,6,16H2,(H,18,19);1H/t12-,13+;/m1./s1. The Kier molecular flexibility index (Phi) is 3.20. The van der Waals surface area contributed by atoms with Crippen molar-refractivity contribution >= 4 is 23.3 Å². The number of benzene rings is 1. The van der Waals surface area contributed by atoms with E-state index in [4.69, 9.17) is 5.73 Å². The molecule has 0 aliphatic heterocycles. The molecule has 0 unspecified atom stereocenters. The Morgan fingerprint density at radius 2 is 2.00 bits per heavy atom. The van der Waals surface area contributed by atoms with Crippen LogP contribution in [0.25, 0.3) is 22.2 Å². The fourth-order valence-electron chi connectivity index (χ4n) is 2.49. The van der Waals surface area contributed by atoms with E-state index < -0.39 is 0 Å². The summed E-state index contributed by atoms with van der Waals surface area (Å²) in [7, 11) is 0. The molecule has 2 atom stereocenters. The molecule has 4 rings (SSSR count). The van der Waals surface area contributed by atoms with Crippen LogP contribution in [0.3, 0.4) is 0 Å². The Hall–Kier alpha value is -1.91. The van der Waals surface area contributed by atoms with Crippen LogP contribution in [0.1, 0.15) is 17.9 Å². The van der Waals surface area contributed by atoms with Gasteiger partial charge >= 0.3 is 0 Å². The monoisotopic (exact) mass is 286 g/mol. The van der Waals surface area contributed by atoms with Crippen molar-refractivity contribution in [1.29, 1.82) is 0 Å². The normalized spacial score (nSPS) is 20.6. The quantitative estimate of drug-likeness (QED) is 0.761. The molecule has 0 radical (unpaired) electrons. The van der Waals surface area contributed by atoms with Gasteiger partial charge in [-0.15, -0.1) is 12.4 Å². The molecule has 0 amide bonds. The number of nitrogens with one attached hydrogen (secondary N) is 1. The summed E-state index contributed by atoms with van der Waals surface area (Å²) < 4.78 is 0. The predicted octanol–water partition coefficient (Wildman–Crippen LogP) is 2.86. The lowest BCUT2D eigenvalue weighted by Gasteiger charge is -2.03. The van der Waals surface area contributed by atoms with E-state index in [2.05, 4.69) is 45.5 Å². The van der Waals surface area contributed by atoms with Crippen LogP contribution < -0.4 is 5.73 Å². The first-order valence-electron chi connectivity index (χ1n) is 6.46. The number of hydrogen-bond donors (Lipinski definition) is 2. The Bertz CT molecular complexity index is 735. The van der Waals surface area contributed by atoms with E-state index in [1.165, 1.54) is 5.56 Å². The zero-order valence-electron chi connectivity index (χ0n) is 10.8. The molecule has 3 N–H and O–H groups in total. The Morgan fingerprint density at radius 3 is 2.70 bits per heavy atom. The number of H-pyrrole nitrogens is 1. The molecule has 102 valence electrons. The topological polar surface area (TPSA) is 67.6 Å². The maximum atomic E-state index is 5.86. The van der Waals surface area contributed by atoms with E-state index in [-0.39, 0.29) is 12.4 Å². The van der Waals surface area contributed by atoms with Crippen molar-refractivity contribution < 1.29 is 0 Å². The molecule has 1 aliphatic rings. The first kappa shape index (κ1) is 13.1. The Labute approximate surface area is 122 Å². The van der Waals surface area contributed by atoms with Crippen molar-refractivity contribution in [3.8, 4) is 11.3 Å². The van der Waals surface area contributed by atoms with E-state index in [9.17, 15) is 0 Å². The van der Waals surface area contributed by atoms with Gasteiger partial charge in [-0.1, -0.05) is 18.2 Å². The average Bonchev–Trinajstić information content (AvgIpc) is 3.00. The molecular weight excluding hydrogens is 272 g/mol. The molecule has 1 saturated carbocycles. The second-order valence-electron chi connectivity index (χ2n) is 5.15. The zero-order valence-corrected chi connectivity index (χ0v) is 11.6. The van der Waals surface area contributed by atoms with Crippen LogP contribution in [0.2, 0.25) is 0 Å². The number of aromatic nitrogens is 3. The van der Waals surface area contributed by atoms with Gasteiger partial charge in [-0.25, -0.2) is 0 Å². The third-order valence-corrected chi connectivity index (χ3v) is 3.79. The summed E-state index contributed by atoms with van der Waals surface area (Å²) in [6.45, 7) is 0. The largest absolute Gasteiger partial charge is 0.327 e. The fourth-order valence-corrected chi connectivity index (χ4v) is 2.49. The van der Waals surface area contributed by atoms with E-state index >= 15 is 0 Å². The van der Waals surface area contributed by atoms with E-state index in [1.54, 1.807) is 0 Å². The molecule has 0 bridgehead atoms. The van der Waals surface area contributed by atoms with Gasteiger partial charge in [0.25, 0.3) is 0 Å². The number of pyridine rings is 1. The lowest BCUT2D eigenvalue weighted by molar-refractivity contribution is 0.981. The number of nitrogens with zero attached hydrogens (tertiary/aromatic N) is 2. The fraction of sp³-hybridized carbons (Fsp3) is 0.200. The average molecular weight is 287 g/mol. The number of halogens is 1. The minimum Gasteiger partial charge on any atom is -0.327 e. The van der Waals surface area contributed by atoms with Crippen LogP contribution in [0, 0.1) is 0 Å². The van der Waals surface area contributed by atoms with Gasteiger partial charge in [0.2, 0.25) is 0 Å². The molecule has 2 heterocycles. The van der Waals surface area contributed by atoms with Gasteiger partial charge in [0, 0.05) is 29.1 Å². The summed E-state index contributed by atoms with van der Waals surface area (Å²) in [5, 5.41) is 8.13. The van der Waals surface area contributed by atoms with Gasteiger partial charge < -0.3 is 5.73 Å². The zero-order chi connectivity index (χ0) is 12.8. The Morgan fingerprint density at radius 1 is 1.15 bits per heavy atom. The van der Waals surface area contributed by atoms with E-state index in [0.29, 0.717) is 12.0 Å². The van der Waals surface area contributed by atoms with Crippen molar-refractivity contribution in [2.24, 2.45) is 5.73 Å². The number of aromatic amines is 1. The summed E-state index contributed by atoms with van der Waals surface area (Å²) >= 11 is 0. The lowest BCUT2D eigenvalue weighted by Crippen LogP contribution is -2.01. The Balaban J connectivity index is 0.00000121. The summed E-state index contributed by atoms with van der Waals surface area (Å²) in [5.41, 5.74) is 10.2. The van der Waals surface area contributed by atoms with Gasteiger partial charge in [-0.05, 0) is 24.1 Å². The van der Waals surface area contributed by atoms with Gasteiger partial charge in [0.1, 0.15) is 0 Å². The van der Waals surface area contributed by atoms with E-state index in [0.717, 1.165) is 28.6 Å². The summed E-state index contributed by atoms with van der Waals surface area (Å²) in [6, 6.07) is 10.7. The molecule has 4 nitrogen and oxygen atoms in total. The molecule has 0 saturated heterocycles. The van der Waals surface area contributed by atoms with Gasteiger partial charge in [0.15, 0.2) is 0 Å². The minimum absolute atomic E-state index is 0. The second-order valence-corrected chi connectivity index (χ2v) is 5.15. The van der Waals surface area contributed by atoms with Gasteiger partial charge in [-0.2, -0.15) is 5.10 Å². The minimum atomic E-state index is 0. The number of rotatable bonds is 2. The van der Waals surface area contributed by atoms with Crippen molar-refractivity contribution in [3.63, 3.8) is 0 Å². The third-order valence-electron chi connectivity index (χ3n) is 3.79. The van der Waals surface area contributed by atoms with Crippen LogP contribution in [-0.4, -0.2) is 21.2 Å². The first-order chi connectivity index (χ1) is 9.31. The first-order valence-corrected chi connectivity index (χ1v) is 6.46. The van der Waals surface area contributed by atoms with Crippen molar-refractivity contribution in [2.45, 2.75) is 18.4 Å². The number of hydrogen-bond acceptors (Lipinski definition) is 3. The highest BCUT2D eigenvalue weighted by molar-refractivity contribution is 5.85. The van der Waals surface area contributed by atoms with Crippen LogP contribution in [0.15, 0.2) is 42.7 Å². The van der Waals surface area contributed by atoms with Crippen LogP contribution in [0.4, 0.5) is 0 Å². The highest BCUT2D eigenvalue weighted by atomic mass is 35.5. The summed E-state index contributed by atoms with van der Waals surface area (Å²) in [4.78, 5) is 4.55.